The number of nitrogens with one attached hydrogen (secondary N) is 1. The van der Waals surface area contributed by atoms with Crippen molar-refractivity contribution in [2.45, 2.75) is 18.9 Å². The molecule has 1 atom stereocenters. The summed E-state index contributed by atoms with van der Waals surface area (Å²) in [5, 5.41) is 2.82. The van der Waals surface area contributed by atoms with Crippen LogP contribution in [-0.2, 0) is 9.59 Å². The van der Waals surface area contributed by atoms with Gasteiger partial charge in [-0.25, -0.2) is 0 Å². The molecular formula is C10H17N3O2. The van der Waals surface area contributed by atoms with Gasteiger partial charge in [0.2, 0.25) is 11.8 Å². The molecule has 2 rings (SSSR count). The van der Waals surface area contributed by atoms with Crippen molar-refractivity contribution >= 4 is 11.8 Å². The van der Waals surface area contributed by atoms with Crippen LogP contribution in [-0.4, -0.2) is 60.9 Å². The normalized spacial score (nSPS) is 29.1. The number of hydrogen-bond acceptors (Lipinski definition) is 3. The Hall–Kier alpha value is -1.10. The van der Waals surface area contributed by atoms with Crippen LogP contribution >= 0.6 is 0 Å². The van der Waals surface area contributed by atoms with E-state index in [9.17, 15) is 9.59 Å². The number of amides is 2. The minimum atomic E-state index is 0.00250. The predicted molar refractivity (Wildman–Crippen MR) is 55.2 cm³/mol. The summed E-state index contributed by atoms with van der Waals surface area (Å²) in [6.07, 6.45) is 1.40. The first-order valence-corrected chi connectivity index (χ1v) is 5.44. The molecule has 0 aromatic rings. The van der Waals surface area contributed by atoms with Crippen LogP contribution < -0.4 is 5.32 Å². The highest BCUT2D eigenvalue weighted by atomic mass is 16.2. The molecule has 0 aliphatic carbocycles. The van der Waals surface area contributed by atoms with Gasteiger partial charge in [-0.1, -0.05) is 0 Å². The monoisotopic (exact) mass is 211 g/mol. The molecule has 2 aliphatic rings. The summed E-state index contributed by atoms with van der Waals surface area (Å²) < 4.78 is 0. The third-order valence-corrected chi connectivity index (χ3v) is 3.19. The molecule has 2 heterocycles. The third kappa shape index (κ3) is 2.12. The van der Waals surface area contributed by atoms with E-state index in [1.165, 1.54) is 0 Å². The number of likely N-dealkylation sites (N-methyl/N-ethyl adjacent to an activating group) is 1. The molecule has 2 fully saturated rings. The highest BCUT2D eigenvalue weighted by molar-refractivity contribution is 5.84. The second-order valence-corrected chi connectivity index (χ2v) is 4.20. The molecule has 15 heavy (non-hydrogen) atoms. The fraction of sp³-hybridized carbons (Fsp3) is 0.800. The summed E-state index contributed by atoms with van der Waals surface area (Å²) in [6.45, 7) is 2.99. The van der Waals surface area contributed by atoms with Crippen LogP contribution in [0.15, 0.2) is 0 Å². The summed E-state index contributed by atoms with van der Waals surface area (Å²) in [7, 11) is 1.84. The molecule has 1 unspecified atom stereocenters. The zero-order valence-electron chi connectivity index (χ0n) is 9.03. The van der Waals surface area contributed by atoms with Crippen molar-refractivity contribution in [1.29, 1.82) is 0 Å². The maximum absolute atomic E-state index is 11.8. The number of hydrogen-bond donors (Lipinski definition) is 1. The molecule has 0 bridgehead atoms. The first kappa shape index (κ1) is 10.4. The summed E-state index contributed by atoms with van der Waals surface area (Å²) in [6, 6.07) is 0.00250. The van der Waals surface area contributed by atoms with Gasteiger partial charge in [-0.2, -0.15) is 0 Å². The van der Waals surface area contributed by atoms with Crippen LogP contribution in [0, 0.1) is 0 Å². The molecule has 0 saturated carbocycles. The summed E-state index contributed by atoms with van der Waals surface area (Å²) in [5.74, 6) is 0.292. The second kappa shape index (κ2) is 4.18. The van der Waals surface area contributed by atoms with E-state index in [4.69, 9.17) is 0 Å². The number of likely N-dealkylation sites (tertiary alicyclic amines) is 1. The minimum Gasteiger partial charge on any atom is -0.355 e. The van der Waals surface area contributed by atoms with Gasteiger partial charge >= 0.3 is 0 Å². The molecule has 0 aromatic carbocycles. The van der Waals surface area contributed by atoms with Gasteiger partial charge in [-0.05, 0) is 6.42 Å². The molecule has 84 valence electrons. The van der Waals surface area contributed by atoms with Gasteiger partial charge in [0.25, 0.3) is 0 Å². The van der Waals surface area contributed by atoms with Gasteiger partial charge in [0.15, 0.2) is 0 Å². The zero-order chi connectivity index (χ0) is 10.8. The van der Waals surface area contributed by atoms with Crippen LogP contribution in [0.3, 0.4) is 0 Å². The Morgan fingerprint density at radius 3 is 2.73 bits per heavy atom. The van der Waals surface area contributed by atoms with Crippen LogP contribution in [0.4, 0.5) is 0 Å². The molecule has 2 aliphatic heterocycles. The van der Waals surface area contributed by atoms with Crippen LogP contribution in [0.2, 0.25) is 0 Å². The Balaban J connectivity index is 1.98. The Morgan fingerprint density at radius 1 is 1.27 bits per heavy atom. The highest BCUT2D eigenvalue weighted by Gasteiger charge is 2.34. The van der Waals surface area contributed by atoms with Crippen molar-refractivity contribution in [3.05, 3.63) is 0 Å². The van der Waals surface area contributed by atoms with Crippen LogP contribution in [0.25, 0.3) is 0 Å². The van der Waals surface area contributed by atoms with Gasteiger partial charge in [0.05, 0.1) is 6.04 Å². The number of carbonyl (C=O) groups is 2. The lowest BCUT2D eigenvalue weighted by molar-refractivity contribution is -0.131. The van der Waals surface area contributed by atoms with E-state index < -0.39 is 0 Å². The van der Waals surface area contributed by atoms with Crippen molar-refractivity contribution in [3.8, 4) is 0 Å². The lowest BCUT2D eigenvalue weighted by atomic mass is 10.2. The molecule has 2 amide bonds. The Bertz CT molecular complexity index is 280. The topological polar surface area (TPSA) is 52.6 Å². The van der Waals surface area contributed by atoms with E-state index in [0.29, 0.717) is 19.5 Å². The van der Waals surface area contributed by atoms with Crippen molar-refractivity contribution in [2.75, 3.05) is 33.2 Å². The standard InChI is InChI=1S/C10H17N3O2/c1-12-5-2-8(10(12)15)13-6-3-9(14)11-4-7-13/h8H,2-7H2,1H3,(H,11,14). The molecule has 0 radical (unpaired) electrons. The van der Waals surface area contributed by atoms with Crippen molar-refractivity contribution < 1.29 is 9.59 Å². The lowest BCUT2D eigenvalue weighted by Crippen LogP contribution is -2.42. The largest absolute Gasteiger partial charge is 0.355 e. The Morgan fingerprint density at radius 2 is 2.07 bits per heavy atom. The van der Waals surface area contributed by atoms with E-state index in [0.717, 1.165) is 19.5 Å². The van der Waals surface area contributed by atoms with E-state index >= 15 is 0 Å². The quantitative estimate of drug-likeness (QED) is 0.608. The molecule has 0 spiro atoms. The van der Waals surface area contributed by atoms with Gasteiger partial charge in [-0.15, -0.1) is 0 Å². The zero-order valence-corrected chi connectivity index (χ0v) is 9.03. The SMILES string of the molecule is CN1CCC(N2CCNC(=O)CC2)C1=O. The first-order chi connectivity index (χ1) is 7.18. The Kier molecular flexibility index (Phi) is 2.90. The smallest absolute Gasteiger partial charge is 0.239 e. The number of nitrogens with zero attached hydrogens (tertiary/aromatic N) is 2. The maximum atomic E-state index is 11.8. The van der Waals surface area contributed by atoms with Crippen molar-refractivity contribution in [1.82, 2.24) is 15.1 Å². The lowest BCUT2D eigenvalue weighted by Gasteiger charge is -2.24. The van der Waals surface area contributed by atoms with E-state index in [-0.39, 0.29) is 17.9 Å². The Labute approximate surface area is 89.4 Å². The van der Waals surface area contributed by atoms with Crippen LogP contribution in [0.5, 0.6) is 0 Å². The predicted octanol–water partition coefficient (Wildman–Crippen LogP) is -0.961. The highest BCUT2D eigenvalue weighted by Crippen LogP contribution is 2.16. The number of rotatable bonds is 1. The molecule has 5 heteroatoms. The maximum Gasteiger partial charge on any atom is 0.239 e. The van der Waals surface area contributed by atoms with Gasteiger partial charge in [0, 0.05) is 39.6 Å². The van der Waals surface area contributed by atoms with E-state index in [2.05, 4.69) is 10.2 Å². The molecule has 2 saturated heterocycles. The van der Waals surface area contributed by atoms with Gasteiger partial charge in [0.1, 0.15) is 0 Å². The molecule has 1 N–H and O–H groups in total. The van der Waals surface area contributed by atoms with E-state index in [1.807, 2.05) is 7.05 Å². The summed E-state index contributed by atoms with van der Waals surface area (Å²) >= 11 is 0. The van der Waals surface area contributed by atoms with Crippen LogP contribution in [0.1, 0.15) is 12.8 Å². The summed E-state index contributed by atoms with van der Waals surface area (Å²) in [4.78, 5) is 26.8. The van der Waals surface area contributed by atoms with E-state index in [1.54, 1.807) is 4.90 Å². The van der Waals surface area contributed by atoms with Crippen molar-refractivity contribution in [2.24, 2.45) is 0 Å². The third-order valence-electron chi connectivity index (χ3n) is 3.19. The fourth-order valence-electron chi connectivity index (χ4n) is 2.24. The average Bonchev–Trinajstić information content (AvgIpc) is 2.43. The van der Waals surface area contributed by atoms with Gasteiger partial charge in [-0.3, -0.25) is 14.5 Å². The second-order valence-electron chi connectivity index (χ2n) is 4.20. The molecule has 5 nitrogen and oxygen atoms in total. The van der Waals surface area contributed by atoms with Gasteiger partial charge < -0.3 is 10.2 Å². The first-order valence-electron chi connectivity index (χ1n) is 5.44. The minimum absolute atomic E-state index is 0.00250. The summed E-state index contributed by atoms with van der Waals surface area (Å²) in [5.41, 5.74) is 0. The molecule has 0 aromatic heterocycles. The number of carbonyl (C=O) groups excluding carboxylic acids is 2. The fourth-order valence-corrected chi connectivity index (χ4v) is 2.24. The molecular weight excluding hydrogens is 194 g/mol. The van der Waals surface area contributed by atoms with Crippen molar-refractivity contribution in [3.63, 3.8) is 0 Å². The average molecular weight is 211 g/mol.